The number of Topliss-reactive ketones (excluding diaryl/α,β-unsaturated/α-hetero) is 1. The Morgan fingerprint density at radius 3 is 2.82 bits per heavy atom. The Bertz CT molecular complexity index is 650. The van der Waals surface area contributed by atoms with Crippen molar-refractivity contribution in [2.45, 2.75) is 19.4 Å². The Morgan fingerprint density at radius 2 is 2.14 bits per heavy atom. The molecule has 4 nitrogen and oxygen atoms in total. The van der Waals surface area contributed by atoms with E-state index in [4.69, 9.17) is 11.6 Å². The van der Waals surface area contributed by atoms with Gasteiger partial charge in [-0.25, -0.2) is 0 Å². The molecule has 22 heavy (non-hydrogen) atoms. The van der Waals surface area contributed by atoms with E-state index in [1.165, 1.54) is 5.56 Å². The molecule has 1 aromatic carbocycles. The lowest BCUT2D eigenvalue weighted by Crippen LogP contribution is -2.38. The highest BCUT2D eigenvalue weighted by Crippen LogP contribution is 2.23. The third kappa shape index (κ3) is 3.57. The van der Waals surface area contributed by atoms with Gasteiger partial charge < -0.3 is 0 Å². The highest BCUT2D eigenvalue weighted by molar-refractivity contribution is 6.30. The molecule has 2 aromatic rings. The van der Waals surface area contributed by atoms with Crippen molar-refractivity contribution < 1.29 is 4.79 Å². The quantitative estimate of drug-likeness (QED) is 0.813. The lowest BCUT2D eigenvalue weighted by atomic mass is 9.90. The molecular weight excluding hydrogens is 298 g/mol. The van der Waals surface area contributed by atoms with E-state index in [0.29, 0.717) is 5.02 Å². The minimum Gasteiger partial charge on any atom is -0.298 e. The van der Waals surface area contributed by atoms with Crippen LogP contribution < -0.4 is 0 Å². The smallest absolute Gasteiger partial charge is 0.167 e. The molecule has 1 atom stereocenters. The standard InChI is InChI=1S/C17H20ClN3O/c1-20-10-13(9-19-20)11-21-8-2-3-15(12-21)17(22)14-4-6-16(18)7-5-14/h4-7,9-10,15H,2-3,8,11-12H2,1H3. The van der Waals surface area contributed by atoms with Gasteiger partial charge in [-0.3, -0.25) is 14.4 Å². The number of ketones is 1. The predicted molar refractivity (Wildman–Crippen MR) is 87.0 cm³/mol. The normalized spacial score (nSPS) is 19.3. The van der Waals surface area contributed by atoms with Gasteiger partial charge in [0.2, 0.25) is 0 Å². The zero-order valence-electron chi connectivity index (χ0n) is 12.7. The molecular formula is C17H20ClN3O. The molecule has 0 bridgehead atoms. The Hall–Kier alpha value is -1.65. The highest BCUT2D eigenvalue weighted by Gasteiger charge is 2.26. The fourth-order valence-corrected chi connectivity index (χ4v) is 3.20. The molecule has 0 radical (unpaired) electrons. The molecule has 2 heterocycles. The molecule has 0 N–H and O–H groups in total. The van der Waals surface area contributed by atoms with Crippen molar-refractivity contribution in [3.63, 3.8) is 0 Å². The molecule has 1 aromatic heterocycles. The van der Waals surface area contributed by atoms with Crippen LogP contribution >= 0.6 is 11.6 Å². The summed E-state index contributed by atoms with van der Waals surface area (Å²) in [6.07, 6.45) is 5.95. The van der Waals surface area contributed by atoms with Crippen LogP contribution in [0.5, 0.6) is 0 Å². The Kier molecular flexibility index (Phi) is 4.60. The lowest BCUT2D eigenvalue weighted by molar-refractivity contribution is 0.0811. The summed E-state index contributed by atoms with van der Waals surface area (Å²) in [5.74, 6) is 0.305. The van der Waals surface area contributed by atoms with Gasteiger partial charge in [-0.1, -0.05) is 11.6 Å². The van der Waals surface area contributed by atoms with Gasteiger partial charge in [-0.15, -0.1) is 0 Å². The number of carbonyl (C=O) groups is 1. The molecule has 3 rings (SSSR count). The largest absolute Gasteiger partial charge is 0.298 e. The number of aromatic nitrogens is 2. The molecule has 5 heteroatoms. The van der Waals surface area contributed by atoms with Gasteiger partial charge in [0.25, 0.3) is 0 Å². The third-order valence-corrected chi connectivity index (χ3v) is 4.42. The molecule has 1 fully saturated rings. The molecule has 1 unspecified atom stereocenters. The van der Waals surface area contributed by atoms with E-state index in [9.17, 15) is 4.79 Å². The summed E-state index contributed by atoms with van der Waals surface area (Å²) in [6, 6.07) is 7.21. The van der Waals surface area contributed by atoms with Crippen molar-refractivity contribution in [2.24, 2.45) is 13.0 Å². The summed E-state index contributed by atoms with van der Waals surface area (Å²) >= 11 is 5.89. The van der Waals surface area contributed by atoms with Gasteiger partial charge in [0, 0.05) is 48.4 Å². The van der Waals surface area contributed by atoms with Crippen molar-refractivity contribution in [1.82, 2.24) is 14.7 Å². The summed E-state index contributed by atoms with van der Waals surface area (Å²) in [6.45, 7) is 2.72. The van der Waals surface area contributed by atoms with Crippen LogP contribution in [0.4, 0.5) is 0 Å². The first-order valence-electron chi connectivity index (χ1n) is 7.61. The van der Waals surface area contributed by atoms with Crippen molar-refractivity contribution in [3.05, 3.63) is 52.8 Å². The third-order valence-electron chi connectivity index (χ3n) is 4.17. The number of rotatable bonds is 4. The number of nitrogens with zero attached hydrogens (tertiary/aromatic N) is 3. The number of likely N-dealkylation sites (tertiary alicyclic amines) is 1. The molecule has 1 aliphatic rings. The van der Waals surface area contributed by atoms with E-state index >= 15 is 0 Å². The number of halogens is 1. The summed E-state index contributed by atoms with van der Waals surface area (Å²) in [5, 5.41) is 4.87. The fraction of sp³-hybridized carbons (Fsp3) is 0.412. The second kappa shape index (κ2) is 6.63. The first-order valence-corrected chi connectivity index (χ1v) is 7.99. The van der Waals surface area contributed by atoms with Gasteiger partial charge in [0.05, 0.1) is 6.20 Å². The minimum absolute atomic E-state index is 0.0756. The molecule has 0 amide bonds. The molecule has 0 spiro atoms. The molecule has 1 saturated heterocycles. The van der Waals surface area contributed by atoms with Crippen LogP contribution in [0.25, 0.3) is 0 Å². The predicted octanol–water partition coefficient (Wildman–Crippen LogP) is 3.17. The molecule has 0 saturated carbocycles. The zero-order chi connectivity index (χ0) is 15.5. The Labute approximate surface area is 135 Å². The van der Waals surface area contributed by atoms with Crippen LogP contribution in [0.15, 0.2) is 36.7 Å². The van der Waals surface area contributed by atoms with Crippen LogP contribution in [-0.2, 0) is 13.6 Å². The molecule has 116 valence electrons. The van der Waals surface area contributed by atoms with Crippen LogP contribution in [-0.4, -0.2) is 33.6 Å². The highest BCUT2D eigenvalue weighted by atomic mass is 35.5. The van der Waals surface area contributed by atoms with Crippen molar-refractivity contribution in [2.75, 3.05) is 13.1 Å². The van der Waals surface area contributed by atoms with E-state index in [1.807, 2.05) is 36.3 Å². The van der Waals surface area contributed by atoms with Crippen molar-refractivity contribution in [3.8, 4) is 0 Å². The fourth-order valence-electron chi connectivity index (χ4n) is 3.07. The number of benzene rings is 1. The van der Waals surface area contributed by atoms with Crippen LogP contribution in [0, 0.1) is 5.92 Å². The first-order chi connectivity index (χ1) is 10.6. The van der Waals surface area contributed by atoms with Crippen LogP contribution in [0.3, 0.4) is 0 Å². The van der Waals surface area contributed by atoms with Gasteiger partial charge in [0.1, 0.15) is 0 Å². The summed E-state index contributed by atoms with van der Waals surface area (Å²) < 4.78 is 1.82. The van der Waals surface area contributed by atoms with Gasteiger partial charge >= 0.3 is 0 Å². The van der Waals surface area contributed by atoms with E-state index < -0.39 is 0 Å². The number of carbonyl (C=O) groups excluding carboxylic acids is 1. The summed E-state index contributed by atoms with van der Waals surface area (Å²) in [5.41, 5.74) is 1.96. The van der Waals surface area contributed by atoms with Crippen LogP contribution in [0.1, 0.15) is 28.8 Å². The average molecular weight is 318 g/mol. The number of piperidine rings is 1. The average Bonchev–Trinajstić information content (AvgIpc) is 2.93. The minimum atomic E-state index is 0.0756. The number of hydrogen-bond acceptors (Lipinski definition) is 3. The lowest BCUT2D eigenvalue weighted by Gasteiger charge is -2.31. The monoisotopic (exact) mass is 317 g/mol. The van der Waals surface area contributed by atoms with Crippen molar-refractivity contribution >= 4 is 17.4 Å². The van der Waals surface area contributed by atoms with Gasteiger partial charge in [0.15, 0.2) is 5.78 Å². The first kappa shape index (κ1) is 15.3. The second-order valence-corrected chi connectivity index (χ2v) is 6.40. The summed E-state index contributed by atoms with van der Waals surface area (Å²) in [7, 11) is 1.92. The Balaban J connectivity index is 1.64. The maximum atomic E-state index is 12.6. The topological polar surface area (TPSA) is 38.1 Å². The van der Waals surface area contributed by atoms with E-state index in [2.05, 4.69) is 10.00 Å². The summed E-state index contributed by atoms with van der Waals surface area (Å²) in [4.78, 5) is 15.0. The van der Waals surface area contributed by atoms with E-state index in [0.717, 1.165) is 38.0 Å². The zero-order valence-corrected chi connectivity index (χ0v) is 13.5. The number of aryl methyl sites for hydroxylation is 1. The number of hydrogen-bond donors (Lipinski definition) is 0. The van der Waals surface area contributed by atoms with Gasteiger partial charge in [-0.05, 0) is 43.7 Å². The maximum absolute atomic E-state index is 12.6. The molecule has 0 aliphatic carbocycles. The SMILES string of the molecule is Cn1cc(CN2CCCC(C(=O)c3ccc(Cl)cc3)C2)cn1. The Morgan fingerprint density at radius 1 is 1.36 bits per heavy atom. The maximum Gasteiger partial charge on any atom is 0.167 e. The molecule has 1 aliphatic heterocycles. The second-order valence-electron chi connectivity index (χ2n) is 5.97. The van der Waals surface area contributed by atoms with E-state index in [1.54, 1.807) is 12.1 Å². The van der Waals surface area contributed by atoms with Crippen LogP contribution in [0.2, 0.25) is 5.02 Å². The van der Waals surface area contributed by atoms with Crippen molar-refractivity contribution in [1.29, 1.82) is 0 Å². The van der Waals surface area contributed by atoms with Gasteiger partial charge in [-0.2, -0.15) is 5.10 Å². The van der Waals surface area contributed by atoms with E-state index in [-0.39, 0.29) is 11.7 Å².